The minimum atomic E-state index is -0.297. The highest BCUT2D eigenvalue weighted by molar-refractivity contribution is 5.70. The molecule has 1 heterocycles. The van der Waals surface area contributed by atoms with Crippen LogP contribution in [0.1, 0.15) is 86.6 Å². The van der Waals surface area contributed by atoms with Crippen molar-refractivity contribution < 1.29 is 23.7 Å². The fourth-order valence-corrected chi connectivity index (χ4v) is 3.08. The lowest BCUT2D eigenvalue weighted by Crippen LogP contribution is -2.40. The minimum Gasteiger partial charge on any atom is -0.493 e. The van der Waals surface area contributed by atoms with Crippen LogP contribution in [-0.4, -0.2) is 57.5 Å². The first-order valence-electron chi connectivity index (χ1n) is 14.6. The van der Waals surface area contributed by atoms with Gasteiger partial charge in [-0.1, -0.05) is 80.0 Å². The van der Waals surface area contributed by atoms with Gasteiger partial charge < -0.3 is 29.5 Å². The molecule has 2 N–H and O–H groups in total. The number of carbonyl (C=O) groups is 1. The van der Waals surface area contributed by atoms with Crippen LogP contribution < -0.4 is 10.5 Å². The Morgan fingerprint density at radius 3 is 2.21 bits per heavy atom. The molecule has 1 aromatic heterocycles. The Labute approximate surface area is 239 Å². The Hall–Kier alpha value is -2.32. The number of methoxy groups -OCH3 is 2. The minimum absolute atomic E-state index is 0.206. The molecule has 7 heteroatoms. The fourth-order valence-electron chi connectivity index (χ4n) is 3.08. The van der Waals surface area contributed by atoms with Crippen molar-refractivity contribution in [1.82, 2.24) is 4.98 Å². The van der Waals surface area contributed by atoms with Crippen molar-refractivity contribution >= 4 is 6.29 Å². The van der Waals surface area contributed by atoms with Gasteiger partial charge in [0.05, 0.1) is 32.0 Å². The molecule has 0 aliphatic carbocycles. The molecule has 0 amide bonds. The highest BCUT2D eigenvalue weighted by atomic mass is 16.5. The number of pyridine rings is 1. The fraction of sp³-hybridized carbons (Fsp3) is 0.625. The lowest BCUT2D eigenvalue weighted by molar-refractivity contribution is -0.108. The van der Waals surface area contributed by atoms with Crippen LogP contribution in [0.3, 0.4) is 0 Å². The summed E-state index contributed by atoms with van der Waals surface area (Å²) < 4.78 is 22.3. The zero-order chi connectivity index (χ0) is 30.3. The Bertz CT molecular complexity index is 759. The van der Waals surface area contributed by atoms with Crippen LogP contribution in [0.25, 0.3) is 11.1 Å². The van der Waals surface area contributed by atoms with E-state index in [9.17, 15) is 4.79 Å². The monoisotopic (exact) mass is 550 g/mol. The molecule has 0 saturated carbocycles. The third kappa shape index (κ3) is 20.3. The highest BCUT2D eigenvalue weighted by Crippen LogP contribution is 2.31. The maximum Gasteiger partial charge on any atom is 0.127 e. The molecule has 7 nitrogen and oxygen atoms in total. The number of aldehydes is 1. The van der Waals surface area contributed by atoms with E-state index < -0.39 is 0 Å². The van der Waals surface area contributed by atoms with Crippen molar-refractivity contribution in [2.45, 2.75) is 99.8 Å². The van der Waals surface area contributed by atoms with Crippen molar-refractivity contribution in [3.8, 4) is 16.9 Å². The van der Waals surface area contributed by atoms with E-state index >= 15 is 0 Å². The zero-order valence-electron chi connectivity index (χ0n) is 26.5. The molecule has 0 aliphatic heterocycles. The second kappa shape index (κ2) is 31.9. The van der Waals surface area contributed by atoms with Crippen LogP contribution in [-0.2, 0) is 25.6 Å². The van der Waals surface area contributed by atoms with E-state index in [-0.39, 0.29) is 12.1 Å². The summed E-state index contributed by atoms with van der Waals surface area (Å²) in [5, 5.41) is 0. The summed E-state index contributed by atoms with van der Waals surface area (Å²) in [5.74, 6) is 0.783. The molecule has 0 aliphatic rings. The molecular weight excluding hydrogens is 492 g/mol. The Morgan fingerprint density at radius 2 is 1.67 bits per heavy atom. The van der Waals surface area contributed by atoms with Crippen molar-refractivity contribution in [1.29, 1.82) is 0 Å². The number of nitrogens with zero attached hydrogens (tertiary/aromatic N) is 1. The topological polar surface area (TPSA) is 92.9 Å². The number of hydrogen-bond donors (Lipinski definition) is 1. The molecule has 39 heavy (non-hydrogen) atoms. The standard InChI is InChI=1S/C23H32N2O5.C3H8.3C2H6/c1-27-12-5-13-30-23-14-18(8-9-20(23)19-6-3-10-25-15-19)16-29-17-21(24)22(28-2)7-4-11-26;1-3-2;3*1-2/h3,6,8-11,14-15,21-22H,4-5,7,12-13,16-17,24H2,1-2H3;3H2,1-2H3;3*1-2H3. The smallest absolute Gasteiger partial charge is 0.127 e. The van der Waals surface area contributed by atoms with Gasteiger partial charge in [-0.3, -0.25) is 4.98 Å². The number of carbonyl (C=O) groups excluding carboxylic acids is 1. The summed E-state index contributed by atoms with van der Waals surface area (Å²) in [6.45, 7) is 18.2. The van der Waals surface area contributed by atoms with Crippen LogP contribution >= 0.6 is 0 Å². The largest absolute Gasteiger partial charge is 0.493 e. The van der Waals surface area contributed by atoms with E-state index in [4.69, 9.17) is 24.7 Å². The summed E-state index contributed by atoms with van der Waals surface area (Å²) in [6, 6.07) is 9.62. The van der Waals surface area contributed by atoms with Gasteiger partial charge in [-0.25, -0.2) is 0 Å². The summed E-state index contributed by atoms with van der Waals surface area (Å²) in [5.41, 5.74) is 9.11. The van der Waals surface area contributed by atoms with Gasteiger partial charge in [0.2, 0.25) is 0 Å². The van der Waals surface area contributed by atoms with E-state index in [1.807, 2.05) is 78.1 Å². The van der Waals surface area contributed by atoms with E-state index in [0.717, 1.165) is 35.1 Å². The van der Waals surface area contributed by atoms with Crippen molar-refractivity contribution in [3.63, 3.8) is 0 Å². The van der Waals surface area contributed by atoms with Gasteiger partial charge in [-0.15, -0.1) is 0 Å². The quantitative estimate of drug-likeness (QED) is 0.181. The maximum atomic E-state index is 10.6. The van der Waals surface area contributed by atoms with E-state index in [1.165, 1.54) is 6.42 Å². The molecular formula is C32H58N2O5. The lowest BCUT2D eigenvalue weighted by atomic mass is 10.0. The van der Waals surface area contributed by atoms with Crippen LogP contribution in [0.5, 0.6) is 5.75 Å². The van der Waals surface area contributed by atoms with Gasteiger partial charge in [-0.05, 0) is 24.1 Å². The van der Waals surface area contributed by atoms with Gasteiger partial charge in [0.1, 0.15) is 12.0 Å². The lowest BCUT2D eigenvalue weighted by Gasteiger charge is -2.22. The second-order valence-corrected chi connectivity index (χ2v) is 7.67. The third-order valence-corrected chi connectivity index (χ3v) is 4.70. The number of ether oxygens (including phenoxy) is 4. The number of aromatic nitrogens is 1. The van der Waals surface area contributed by atoms with Crippen molar-refractivity contribution in [2.75, 3.05) is 34.0 Å². The second-order valence-electron chi connectivity index (χ2n) is 7.67. The number of nitrogens with two attached hydrogens (primary N) is 1. The highest BCUT2D eigenvalue weighted by Gasteiger charge is 2.17. The zero-order valence-corrected chi connectivity index (χ0v) is 26.5. The Kier molecular flexibility index (Phi) is 33.7. The molecule has 0 radical (unpaired) electrons. The predicted molar refractivity (Wildman–Crippen MR) is 165 cm³/mol. The summed E-state index contributed by atoms with van der Waals surface area (Å²) >= 11 is 0. The van der Waals surface area contributed by atoms with Gasteiger partial charge in [0.15, 0.2) is 0 Å². The molecule has 2 rings (SSSR count). The third-order valence-electron chi connectivity index (χ3n) is 4.70. The van der Waals surface area contributed by atoms with E-state index in [0.29, 0.717) is 39.3 Å². The van der Waals surface area contributed by atoms with Gasteiger partial charge >= 0.3 is 0 Å². The summed E-state index contributed by atoms with van der Waals surface area (Å²) in [6.07, 6.45) is 7.29. The van der Waals surface area contributed by atoms with Gasteiger partial charge in [-0.2, -0.15) is 0 Å². The van der Waals surface area contributed by atoms with E-state index in [2.05, 4.69) is 18.8 Å². The molecule has 1 aromatic carbocycles. The Morgan fingerprint density at radius 1 is 1.00 bits per heavy atom. The molecule has 0 spiro atoms. The number of hydrogen-bond acceptors (Lipinski definition) is 7. The van der Waals surface area contributed by atoms with Gasteiger partial charge in [0.25, 0.3) is 0 Å². The molecule has 2 atom stereocenters. The average molecular weight is 551 g/mol. The van der Waals surface area contributed by atoms with Crippen molar-refractivity contribution in [3.05, 3.63) is 48.3 Å². The summed E-state index contributed by atoms with van der Waals surface area (Å²) in [4.78, 5) is 14.8. The number of rotatable bonds is 15. The SMILES string of the molecule is CC.CC.CC.CCC.COCCCOc1cc(COCC(N)C(CCC=O)OC)ccc1-c1cccnc1. The predicted octanol–water partition coefficient (Wildman–Crippen LogP) is 7.50. The first-order valence-corrected chi connectivity index (χ1v) is 14.6. The molecule has 2 unspecified atom stereocenters. The van der Waals surface area contributed by atoms with Crippen LogP contribution in [0.15, 0.2) is 42.7 Å². The molecule has 0 bridgehead atoms. The van der Waals surface area contributed by atoms with Crippen LogP contribution in [0, 0.1) is 0 Å². The normalized spacial score (nSPS) is 10.9. The molecule has 0 saturated heterocycles. The average Bonchev–Trinajstić information content (AvgIpc) is 3.00. The Balaban J connectivity index is -0.00000129. The molecule has 0 fully saturated rings. The number of benzene rings is 1. The molecule has 2 aromatic rings. The van der Waals surface area contributed by atoms with Gasteiger partial charge in [0, 0.05) is 57.2 Å². The maximum absolute atomic E-state index is 10.6. The van der Waals surface area contributed by atoms with Crippen LogP contribution in [0.4, 0.5) is 0 Å². The van der Waals surface area contributed by atoms with Crippen LogP contribution in [0.2, 0.25) is 0 Å². The first-order chi connectivity index (χ1) is 19.1. The first kappa shape index (κ1) is 41.2. The van der Waals surface area contributed by atoms with E-state index in [1.54, 1.807) is 20.4 Å². The van der Waals surface area contributed by atoms with Crippen molar-refractivity contribution in [2.24, 2.45) is 5.73 Å². The molecule has 226 valence electrons. The summed E-state index contributed by atoms with van der Waals surface area (Å²) in [7, 11) is 3.27.